The summed E-state index contributed by atoms with van der Waals surface area (Å²) in [4.78, 5) is 2.76. The molecule has 5 nitrogen and oxygen atoms in total. The standard InChI is InChI=1S/C27H39NO4.C2H6/c1-25(2,3)26(4,30)18-13-17-19-12-16-8-9-20(29)23-21(16)27(17,24(32-23)22(18)31-5)10-11-28(19)14-15-6-7-15;1-2/h8-9,15,17-19,22,24,29-30H,6-7,10-14H2,1-5H3;1-2H3/t17?,18?,19?,22?,24-,26?,27-;/m1./s1. The summed E-state index contributed by atoms with van der Waals surface area (Å²) in [5, 5.41) is 22.7. The lowest BCUT2D eigenvalue weighted by Gasteiger charge is -2.63. The normalized spacial score (nSPS) is 37.7. The molecule has 3 fully saturated rings. The molecule has 5 aliphatic rings. The second-order valence-electron chi connectivity index (χ2n) is 12.5. The second-order valence-corrected chi connectivity index (χ2v) is 12.5. The minimum atomic E-state index is -0.897. The first kappa shape index (κ1) is 24.4. The van der Waals surface area contributed by atoms with Crippen molar-refractivity contribution in [3.8, 4) is 11.5 Å². The van der Waals surface area contributed by atoms with Crippen molar-refractivity contribution in [2.75, 3.05) is 20.2 Å². The van der Waals surface area contributed by atoms with Crippen molar-refractivity contribution in [1.82, 2.24) is 4.90 Å². The minimum absolute atomic E-state index is 0.0306. The summed E-state index contributed by atoms with van der Waals surface area (Å²) in [6.45, 7) is 14.7. The highest BCUT2D eigenvalue weighted by Crippen LogP contribution is 2.66. The first-order chi connectivity index (χ1) is 16.1. The summed E-state index contributed by atoms with van der Waals surface area (Å²) < 4.78 is 12.9. The molecular weight excluding hydrogens is 426 g/mol. The van der Waals surface area contributed by atoms with Crippen LogP contribution in [0, 0.1) is 23.2 Å². The van der Waals surface area contributed by atoms with Crippen LogP contribution in [0.5, 0.6) is 11.5 Å². The third-order valence-electron chi connectivity index (χ3n) is 10.2. The van der Waals surface area contributed by atoms with Crippen LogP contribution in [0.4, 0.5) is 0 Å². The third-order valence-corrected chi connectivity index (χ3v) is 10.2. The molecule has 1 spiro atoms. The van der Waals surface area contributed by atoms with Gasteiger partial charge in [0.1, 0.15) is 12.2 Å². The number of benzene rings is 1. The van der Waals surface area contributed by atoms with Crippen LogP contribution in [-0.2, 0) is 16.6 Å². The molecule has 3 aliphatic carbocycles. The van der Waals surface area contributed by atoms with Crippen LogP contribution in [0.25, 0.3) is 0 Å². The minimum Gasteiger partial charge on any atom is -0.504 e. The monoisotopic (exact) mass is 471 g/mol. The van der Waals surface area contributed by atoms with Gasteiger partial charge in [-0.05, 0) is 74.5 Å². The van der Waals surface area contributed by atoms with E-state index in [0.29, 0.717) is 17.7 Å². The van der Waals surface area contributed by atoms with Crippen LogP contribution in [0.15, 0.2) is 12.1 Å². The molecule has 0 amide bonds. The lowest BCUT2D eigenvalue weighted by atomic mass is 9.47. The fraction of sp³-hybridized carbons (Fsp3) is 0.793. The molecule has 5 unspecified atom stereocenters. The average molecular weight is 472 g/mol. The molecular formula is C29H45NO4. The van der Waals surface area contributed by atoms with Crippen LogP contribution in [0.2, 0.25) is 0 Å². The van der Waals surface area contributed by atoms with Crippen LogP contribution < -0.4 is 4.74 Å². The van der Waals surface area contributed by atoms with Gasteiger partial charge < -0.3 is 19.7 Å². The topological polar surface area (TPSA) is 62.2 Å². The Kier molecular flexibility index (Phi) is 5.82. The summed E-state index contributed by atoms with van der Waals surface area (Å²) in [6, 6.07) is 4.41. The van der Waals surface area contributed by atoms with Crippen molar-refractivity contribution in [1.29, 1.82) is 0 Å². The zero-order chi connectivity index (χ0) is 24.6. The van der Waals surface area contributed by atoms with Crippen LogP contribution in [0.1, 0.15) is 78.4 Å². The molecule has 2 bridgehead atoms. The quantitative estimate of drug-likeness (QED) is 0.654. The molecule has 0 radical (unpaired) electrons. The molecule has 0 aromatic heterocycles. The molecule has 2 heterocycles. The number of ether oxygens (including phenoxy) is 2. The Morgan fingerprint density at radius 3 is 2.50 bits per heavy atom. The number of piperidine rings is 1. The maximum absolute atomic E-state index is 11.9. The molecule has 5 heteroatoms. The van der Waals surface area contributed by atoms with E-state index in [4.69, 9.17) is 9.47 Å². The second kappa shape index (κ2) is 8.11. The predicted octanol–water partition coefficient (Wildman–Crippen LogP) is 4.91. The molecule has 1 saturated heterocycles. The Hall–Kier alpha value is -1.30. The largest absolute Gasteiger partial charge is 0.504 e. The molecule has 2 aliphatic heterocycles. The SMILES string of the molecule is CC.COC1C(C(C)(O)C(C)(C)C)CC2C3Cc4ccc(O)c5c4[C@]2(CCN3CC2CC2)[C@@H]1O5. The van der Waals surface area contributed by atoms with E-state index < -0.39 is 5.60 Å². The van der Waals surface area contributed by atoms with Crippen molar-refractivity contribution in [3.05, 3.63) is 23.3 Å². The third kappa shape index (κ3) is 3.22. The summed E-state index contributed by atoms with van der Waals surface area (Å²) in [6.07, 6.45) is 5.34. The Morgan fingerprint density at radius 2 is 1.88 bits per heavy atom. The van der Waals surface area contributed by atoms with Gasteiger partial charge in [0.2, 0.25) is 0 Å². The maximum Gasteiger partial charge on any atom is 0.165 e. The van der Waals surface area contributed by atoms with Crippen molar-refractivity contribution >= 4 is 0 Å². The summed E-state index contributed by atoms with van der Waals surface area (Å²) >= 11 is 0. The predicted molar refractivity (Wildman–Crippen MR) is 134 cm³/mol. The van der Waals surface area contributed by atoms with Gasteiger partial charge in [-0.15, -0.1) is 0 Å². The van der Waals surface area contributed by atoms with E-state index in [-0.39, 0.29) is 34.7 Å². The Labute approximate surface area is 205 Å². The highest BCUT2D eigenvalue weighted by Gasteiger charge is 2.70. The lowest BCUT2D eigenvalue weighted by Crippen LogP contribution is -2.71. The first-order valence-corrected chi connectivity index (χ1v) is 13.6. The number of aromatic hydroxyl groups is 1. The Bertz CT molecular complexity index is 933. The van der Waals surface area contributed by atoms with E-state index >= 15 is 0 Å². The van der Waals surface area contributed by atoms with Crippen molar-refractivity contribution in [2.24, 2.45) is 23.2 Å². The molecule has 1 aromatic rings. The van der Waals surface area contributed by atoms with Gasteiger partial charge in [-0.1, -0.05) is 40.7 Å². The number of phenols is 1. The van der Waals surface area contributed by atoms with Crippen LogP contribution in [0.3, 0.4) is 0 Å². The lowest BCUT2D eigenvalue weighted by molar-refractivity contribution is -0.206. The Balaban J connectivity index is 0.00000117. The fourth-order valence-electron chi connectivity index (χ4n) is 7.82. The molecule has 1 aromatic carbocycles. The van der Waals surface area contributed by atoms with E-state index in [2.05, 4.69) is 31.7 Å². The van der Waals surface area contributed by atoms with Gasteiger partial charge >= 0.3 is 0 Å². The van der Waals surface area contributed by atoms with Gasteiger partial charge in [-0.3, -0.25) is 4.90 Å². The molecule has 2 saturated carbocycles. The van der Waals surface area contributed by atoms with Gasteiger partial charge in [-0.25, -0.2) is 0 Å². The number of hydrogen-bond acceptors (Lipinski definition) is 5. The van der Waals surface area contributed by atoms with E-state index in [9.17, 15) is 10.2 Å². The van der Waals surface area contributed by atoms with Crippen LogP contribution >= 0.6 is 0 Å². The van der Waals surface area contributed by atoms with Gasteiger partial charge in [0.25, 0.3) is 0 Å². The molecule has 34 heavy (non-hydrogen) atoms. The smallest absolute Gasteiger partial charge is 0.165 e. The number of likely N-dealkylation sites (tertiary alicyclic amines) is 1. The average Bonchev–Trinajstić information content (AvgIpc) is 3.54. The van der Waals surface area contributed by atoms with Gasteiger partial charge in [-0.2, -0.15) is 0 Å². The van der Waals surface area contributed by atoms with Crippen molar-refractivity contribution in [3.63, 3.8) is 0 Å². The highest BCUT2D eigenvalue weighted by atomic mass is 16.5. The number of aliphatic hydroxyl groups is 1. The number of rotatable bonds is 4. The fourth-order valence-corrected chi connectivity index (χ4v) is 7.82. The summed E-state index contributed by atoms with van der Waals surface area (Å²) in [7, 11) is 1.77. The maximum atomic E-state index is 11.9. The zero-order valence-corrected chi connectivity index (χ0v) is 22.2. The number of phenolic OH excluding ortho intramolecular Hbond substituents is 1. The van der Waals surface area contributed by atoms with E-state index in [1.807, 2.05) is 26.8 Å². The number of hydrogen-bond donors (Lipinski definition) is 2. The molecule has 7 atom stereocenters. The van der Waals surface area contributed by atoms with E-state index in [1.54, 1.807) is 7.11 Å². The summed E-state index contributed by atoms with van der Waals surface area (Å²) in [5.74, 6) is 2.17. The zero-order valence-electron chi connectivity index (χ0n) is 22.2. The van der Waals surface area contributed by atoms with Crippen LogP contribution in [-0.4, -0.2) is 59.2 Å². The number of methoxy groups -OCH3 is 1. The molecule has 6 rings (SSSR count). The summed E-state index contributed by atoms with van der Waals surface area (Å²) in [5.41, 5.74) is 1.29. The molecule has 2 N–H and O–H groups in total. The Morgan fingerprint density at radius 1 is 1.18 bits per heavy atom. The van der Waals surface area contributed by atoms with E-state index in [1.165, 1.54) is 30.5 Å². The molecule has 190 valence electrons. The number of nitrogens with zero attached hydrogens (tertiary/aromatic N) is 1. The van der Waals surface area contributed by atoms with Crippen molar-refractivity contribution < 1.29 is 19.7 Å². The van der Waals surface area contributed by atoms with Gasteiger partial charge in [0.15, 0.2) is 11.5 Å². The van der Waals surface area contributed by atoms with Gasteiger partial charge in [0.05, 0.1) is 5.60 Å². The van der Waals surface area contributed by atoms with Crippen molar-refractivity contribution in [2.45, 2.75) is 103 Å². The first-order valence-electron chi connectivity index (χ1n) is 13.6. The van der Waals surface area contributed by atoms with E-state index in [0.717, 1.165) is 31.7 Å². The highest BCUT2D eigenvalue weighted by molar-refractivity contribution is 5.61. The van der Waals surface area contributed by atoms with Gasteiger partial charge in [0, 0.05) is 36.6 Å².